The molecule has 0 saturated heterocycles. The van der Waals surface area contributed by atoms with Crippen LogP contribution in [0.1, 0.15) is 20.7 Å². The summed E-state index contributed by atoms with van der Waals surface area (Å²) in [5.41, 5.74) is 1.97. The number of benzene rings is 2. The summed E-state index contributed by atoms with van der Waals surface area (Å²) in [4.78, 5) is 21.3. The molecule has 90 valence electrons. The van der Waals surface area contributed by atoms with Crippen molar-refractivity contribution < 1.29 is 19.8 Å². The lowest BCUT2D eigenvalue weighted by Crippen LogP contribution is -2.21. The van der Waals surface area contributed by atoms with Crippen molar-refractivity contribution >= 4 is 11.9 Å². The van der Waals surface area contributed by atoms with Crippen LogP contribution < -0.4 is 5.11 Å². The molecule has 18 heavy (non-hydrogen) atoms. The fourth-order valence-electron chi connectivity index (χ4n) is 1.60. The van der Waals surface area contributed by atoms with Gasteiger partial charge in [-0.1, -0.05) is 36.4 Å². The van der Waals surface area contributed by atoms with Crippen LogP contribution in [0, 0.1) is 0 Å². The molecule has 4 heteroatoms. The summed E-state index contributed by atoms with van der Waals surface area (Å²) in [7, 11) is 0. The van der Waals surface area contributed by atoms with Gasteiger partial charge in [0.05, 0.1) is 11.5 Å². The van der Waals surface area contributed by atoms with Gasteiger partial charge in [-0.3, -0.25) is 0 Å². The molecular formula is C14H9O4-. The van der Waals surface area contributed by atoms with Crippen LogP contribution in [-0.2, 0) is 0 Å². The maximum atomic E-state index is 10.7. The minimum absolute atomic E-state index is 0.112. The zero-order valence-corrected chi connectivity index (χ0v) is 9.29. The van der Waals surface area contributed by atoms with E-state index in [-0.39, 0.29) is 11.1 Å². The number of carboxylic acids is 2. The molecule has 2 aromatic carbocycles. The van der Waals surface area contributed by atoms with Gasteiger partial charge in [0.25, 0.3) is 0 Å². The molecule has 0 aliphatic heterocycles. The van der Waals surface area contributed by atoms with E-state index in [4.69, 9.17) is 5.11 Å². The molecule has 0 atom stereocenters. The van der Waals surface area contributed by atoms with E-state index in [0.717, 1.165) is 11.1 Å². The molecule has 0 aliphatic rings. The number of rotatable bonds is 3. The van der Waals surface area contributed by atoms with Gasteiger partial charge in [-0.25, -0.2) is 4.79 Å². The largest absolute Gasteiger partial charge is 0.545 e. The number of hydrogen-bond donors (Lipinski definition) is 1. The Bertz CT molecular complexity index is 527. The van der Waals surface area contributed by atoms with Crippen LogP contribution in [0.15, 0.2) is 48.5 Å². The van der Waals surface area contributed by atoms with Crippen LogP contribution in [-0.4, -0.2) is 17.0 Å². The van der Waals surface area contributed by atoms with Crippen LogP contribution in [0.5, 0.6) is 0 Å². The molecule has 0 saturated carbocycles. The Balaban J connectivity index is 2.31. The van der Waals surface area contributed by atoms with Gasteiger partial charge in [0.15, 0.2) is 0 Å². The first-order valence-electron chi connectivity index (χ1n) is 5.23. The van der Waals surface area contributed by atoms with E-state index in [0.29, 0.717) is 0 Å². The highest BCUT2D eigenvalue weighted by Gasteiger charge is 2.03. The zero-order valence-electron chi connectivity index (χ0n) is 9.29. The predicted molar refractivity (Wildman–Crippen MR) is 63.2 cm³/mol. The SMILES string of the molecule is O=C([O-])c1ccc(-c2ccc(C(=O)O)cc2)cc1. The number of carboxylic acid groups (broad SMARTS) is 2. The fraction of sp³-hybridized carbons (Fsp3) is 0. The lowest BCUT2D eigenvalue weighted by atomic mass is 10.0. The van der Waals surface area contributed by atoms with Crippen molar-refractivity contribution in [3.05, 3.63) is 59.7 Å². The third-order valence-corrected chi connectivity index (χ3v) is 2.59. The molecule has 0 amide bonds. The van der Waals surface area contributed by atoms with Crippen LogP contribution in [0.25, 0.3) is 11.1 Å². The molecule has 0 bridgehead atoms. The van der Waals surface area contributed by atoms with Crippen molar-refractivity contribution in [3.8, 4) is 11.1 Å². The molecule has 1 N–H and O–H groups in total. The van der Waals surface area contributed by atoms with Gasteiger partial charge >= 0.3 is 5.97 Å². The van der Waals surface area contributed by atoms with Crippen molar-refractivity contribution in [2.45, 2.75) is 0 Å². The number of carbonyl (C=O) groups excluding carboxylic acids is 1. The quantitative estimate of drug-likeness (QED) is 0.881. The Hall–Kier alpha value is -2.62. The van der Waals surface area contributed by atoms with Crippen LogP contribution >= 0.6 is 0 Å². The molecule has 0 spiro atoms. The minimum atomic E-state index is -1.22. The molecule has 4 nitrogen and oxygen atoms in total. The number of aromatic carboxylic acids is 2. The summed E-state index contributed by atoms with van der Waals surface area (Å²) < 4.78 is 0. The summed E-state index contributed by atoms with van der Waals surface area (Å²) in [6.07, 6.45) is 0. The van der Waals surface area contributed by atoms with E-state index in [2.05, 4.69) is 0 Å². The Morgan fingerprint density at radius 1 is 0.778 bits per heavy atom. The first-order chi connectivity index (χ1) is 8.58. The molecule has 0 radical (unpaired) electrons. The molecule has 0 unspecified atom stereocenters. The Morgan fingerprint density at radius 3 is 1.50 bits per heavy atom. The fourth-order valence-corrected chi connectivity index (χ4v) is 1.60. The zero-order chi connectivity index (χ0) is 13.1. The number of carbonyl (C=O) groups is 2. The summed E-state index contributed by atoms with van der Waals surface area (Å²) >= 11 is 0. The molecule has 0 aromatic heterocycles. The van der Waals surface area contributed by atoms with E-state index in [1.165, 1.54) is 24.3 Å². The van der Waals surface area contributed by atoms with Crippen molar-refractivity contribution in [1.82, 2.24) is 0 Å². The maximum Gasteiger partial charge on any atom is 0.335 e. The predicted octanol–water partition coefficient (Wildman–Crippen LogP) is 1.42. The first-order valence-corrected chi connectivity index (χ1v) is 5.23. The second kappa shape index (κ2) is 4.71. The molecular weight excluding hydrogens is 232 g/mol. The van der Waals surface area contributed by atoms with E-state index >= 15 is 0 Å². The molecule has 0 heterocycles. The van der Waals surface area contributed by atoms with E-state index in [1.807, 2.05) is 0 Å². The van der Waals surface area contributed by atoms with Gasteiger partial charge in [0.2, 0.25) is 0 Å². The van der Waals surface area contributed by atoms with Crippen molar-refractivity contribution in [2.24, 2.45) is 0 Å². The van der Waals surface area contributed by atoms with Gasteiger partial charge in [-0.15, -0.1) is 0 Å². The van der Waals surface area contributed by atoms with E-state index in [1.54, 1.807) is 24.3 Å². The summed E-state index contributed by atoms with van der Waals surface area (Å²) in [5.74, 6) is -2.20. The Kier molecular flexibility index (Phi) is 3.10. The lowest BCUT2D eigenvalue weighted by Gasteiger charge is -2.05. The topological polar surface area (TPSA) is 77.4 Å². The van der Waals surface area contributed by atoms with Gasteiger partial charge in [0, 0.05) is 0 Å². The van der Waals surface area contributed by atoms with Crippen LogP contribution in [0.4, 0.5) is 0 Å². The van der Waals surface area contributed by atoms with Gasteiger partial charge in [-0.2, -0.15) is 0 Å². The van der Waals surface area contributed by atoms with E-state index < -0.39 is 11.9 Å². The Morgan fingerprint density at radius 2 is 1.17 bits per heavy atom. The monoisotopic (exact) mass is 241 g/mol. The van der Waals surface area contributed by atoms with Gasteiger partial charge in [-0.05, 0) is 28.8 Å². The highest BCUT2D eigenvalue weighted by atomic mass is 16.4. The summed E-state index contributed by atoms with van der Waals surface area (Å²) in [5, 5.41) is 19.4. The van der Waals surface area contributed by atoms with Gasteiger partial charge < -0.3 is 15.0 Å². The standard InChI is InChI=1S/C14H10O4/c15-13(16)11-5-1-9(2-6-11)10-3-7-12(8-4-10)14(17)18/h1-8H,(H,15,16)(H,17,18)/p-1. The summed E-state index contributed by atoms with van der Waals surface area (Å²) in [6, 6.07) is 12.6. The van der Waals surface area contributed by atoms with Crippen molar-refractivity contribution in [2.75, 3.05) is 0 Å². The normalized spacial score (nSPS) is 10.0. The first kappa shape index (κ1) is 11.9. The maximum absolute atomic E-state index is 10.7. The Labute approximate surface area is 103 Å². The highest BCUT2D eigenvalue weighted by Crippen LogP contribution is 2.20. The third kappa shape index (κ3) is 2.38. The molecule has 0 aliphatic carbocycles. The van der Waals surface area contributed by atoms with E-state index in [9.17, 15) is 14.7 Å². The summed E-state index contributed by atoms with van der Waals surface area (Å²) in [6.45, 7) is 0. The average molecular weight is 241 g/mol. The molecule has 2 rings (SSSR count). The second-order valence-electron chi connectivity index (χ2n) is 3.75. The molecule has 0 fully saturated rings. The number of hydrogen-bond acceptors (Lipinski definition) is 3. The second-order valence-corrected chi connectivity index (χ2v) is 3.75. The van der Waals surface area contributed by atoms with Crippen molar-refractivity contribution in [3.63, 3.8) is 0 Å². The third-order valence-electron chi connectivity index (χ3n) is 2.59. The van der Waals surface area contributed by atoms with Gasteiger partial charge in [0.1, 0.15) is 0 Å². The van der Waals surface area contributed by atoms with Crippen LogP contribution in [0.3, 0.4) is 0 Å². The molecule has 2 aromatic rings. The lowest BCUT2D eigenvalue weighted by molar-refractivity contribution is -0.255. The van der Waals surface area contributed by atoms with Crippen molar-refractivity contribution in [1.29, 1.82) is 0 Å². The van der Waals surface area contributed by atoms with Crippen LogP contribution in [0.2, 0.25) is 0 Å². The average Bonchev–Trinajstić information content (AvgIpc) is 2.39. The minimum Gasteiger partial charge on any atom is -0.545 e. The smallest absolute Gasteiger partial charge is 0.335 e. The highest BCUT2D eigenvalue weighted by molar-refractivity contribution is 5.89.